The van der Waals surface area contributed by atoms with Crippen LogP contribution in [0.5, 0.6) is 0 Å². The highest BCUT2D eigenvalue weighted by Gasteiger charge is 2.31. The average molecular weight is 207 g/mol. The molecule has 0 bridgehead atoms. The summed E-state index contributed by atoms with van der Waals surface area (Å²) < 4.78 is 13.2. The third-order valence-corrected chi connectivity index (χ3v) is 3.52. The van der Waals surface area contributed by atoms with E-state index in [0.717, 1.165) is 18.4 Å². The Balaban J connectivity index is 2.53. The molecule has 0 fully saturated rings. The molecule has 0 heterocycles. The van der Waals surface area contributed by atoms with E-state index in [4.69, 9.17) is 0 Å². The number of halogens is 1. The standard InChI is InChI=1S/C13H18FN/c1-13(2)7-6-12(15-3)10-8-9(14)4-5-11(10)13/h4-5,8,12,15H,6-7H2,1-3H3. The molecule has 0 aromatic heterocycles. The second-order valence-corrected chi connectivity index (χ2v) is 5.00. The molecule has 0 aliphatic heterocycles. The van der Waals surface area contributed by atoms with E-state index in [1.165, 1.54) is 5.56 Å². The molecule has 1 nitrogen and oxygen atoms in total. The zero-order valence-corrected chi connectivity index (χ0v) is 9.60. The number of benzene rings is 1. The Hall–Kier alpha value is -0.890. The quantitative estimate of drug-likeness (QED) is 0.746. The van der Waals surface area contributed by atoms with Gasteiger partial charge in [-0.2, -0.15) is 0 Å². The van der Waals surface area contributed by atoms with Crippen LogP contribution < -0.4 is 5.32 Å². The third-order valence-electron chi connectivity index (χ3n) is 3.52. The Kier molecular flexibility index (Phi) is 2.55. The summed E-state index contributed by atoms with van der Waals surface area (Å²) in [4.78, 5) is 0. The monoisotopic (exact) mass is 207 g/mol. The Bertz CT molecular complexity index is 371. The number of hydrogen-bond donors (Lipinski definition) is 1. The summed E-state index contributed by atoms with van der Waals surface area (Å²) in [6, 6.07) is 5.49. The molecule has 0 saturated carbocycles. The lowest BCUT2D eigenvalue weighted by molar-refractivity contribution is 0.369. The second kappa shape index (κ2) is 3.60. The minimum absolute atomic E-state index is 0.133. The van der Waals surface area contributed by atoms with Gasteiger partial charge in [0.05, 0.1) is 0 Å². The van der Waals surface area contributed by atoms with Crippen LogP contribution in [0.25, 0.3) is 0 Å². The van der Waals surface area contributed by atoms with Gasteiger partial charge in [0.15, 0.2) is 0 Å². The van der Waals surface area contributed by atoms with Crippen LogP contribution in [0.15, 0.2) is 18.2 Å². The zero-order chi connectivity index (χ0) is 11.1. The summed E-state index contributed by atoms with van der Waals surface area (Å²) in [6.07, 6.45) is 2.23. The normalized spacial score (nSPS) is 23.6. The van der Waals surface area contributed by atoms with Gasteiger partial charge in [-0.3, -0.25) is 0 Å². The maximum absolute atomic E-state index is 13.2. The van der Waals surface area contributed by atoms with Gasteiger partial charge in [0.2, 0.25) is 0 Å². The Morgan fingerprint density at radius 3 is 2.80 bits per heavy atom. The highest BCUT2D eigenvalue weighted by Crippen LogP contribution is 2.41. The molecule has 15 heavy (non-hydrogen) atoms. The summed E-state index contributed by atoms with van der Waals surface area (Å²) in [5.74, 6) is -0.133. The molecule has 2 heteroatoms. The lowest BCUT2D eigenvalue weighted by atomic mass is 9.71. The van der Waals surface area contributed by atoms with Crippen LogP contribution in [0.3, 0.4) is 0 Å². The fraction of sp³-hybridized carbons (Fsp3) is 0.538. The fourth-order valence-electron chi connectivity index (χ4n) is 2.53. The van der Waals surface area contributed by atoms with E-state index in [1.54, 1.807) is 12.1 Å². The van der Waals surface area contributed by atoms with E-state index in [9.17, 15) is 4.39 Å². The summed E-state index contributed by atoms with van der Waals surface area (Å²) in [6.45, 7) is 4.46. The van der Waals surface area contributed by atoms with Crippen molar-refractivity contribution in [3.8, 4) is 0 Å². The predicted octanol–water partition coefficient (Wildman–Crippen LogP) is 3.16. The summed E-state index contributed by atoms with van der Waals surface area (Å²) >= 11 is 0. The molecule has 1 aromatic rings. The van der Waals surface area contributed by atoms with Crippen molar-refractivity contribution >= 4 is 0 Å². The molecule has 1 aliphatic carbocycles. The molecule has 2 rings (SSSR count). The van der Waals surface area contributed by atoms with Crippen LogP contribution in [0, 0.1) is 5.82 Å². The topological polar surface area (TPSA) is 12.0 Å². The Morgan fingerprint density at radius 1 is 1.40 bits per heavy atom. The first-order valence-corrected chi connectivity index (χ1v) is 5.52. The maximum Gasteiger partial charge on any atom is 0.123 e. The zero-order valence-electron chi connectivity index (χ0n) is 9.60. The van der Waals surface area contributed by atoms with Crippen molar-refractivity contribution in [2.75, 3.05) is 7.05 Å². The van der Waals surface area contributed by atoms with Gasteiger partial charge in [0.1, 0.15) is 5.82 Å². The van der Waals surface area contributed by atoms with Crippen molar-refractivity contribution in [3.63, 3.8) is 0 Å². The van der Waals surface area contributed by atoms with Crippen molar-refractivity contribution in [3.05, 3.63) is 35.1 Å². The largest absolute Gasteiger partial charge is 0.313 e. The molecule has 0 saturated heterocycles. The summed E-state index contributed by atoms with van der Waals surface area (Å²) in [5, 5.41) is 3.26. The molecular weight excluding hydrogens is 189 g/mol. The number of nitrogens with one attached hydrogen (secondary N) is 1. The Morgan fingerprint density at radius 2 is 2.13 bits per heavy atom. The third kappa shape index (κ3) is 1.78. The van der Waals surface area contributed by atoms with E-state index in [1.807, 2.05) is 13.1 Å². The second-order valence-electron chi connectivity index (χ2n) is 5.00. The van der Waals surface area contributed by atoms with Gasteiger partial charge in [-0.15, -0.1) is 0 Å². The minimum atomic E-state index is -0.133. The van der Waals surface area contributed by atoms with E-state index in [0.29, 0.717) is 6.04 Å². The highest BCUT2D eigenvalue weighted by atomic mass is 19.1. The van der Waals surface area contributed by atoms with Crippen LogP contribution in [0.2, 0.25) is 0 Å². The van der Waals surface area contributed by atoms with Gasteiger partial charge < -0.3 is 5.32 Å². The number of rotatable bonds is 1. The van der Waals surface area contributed by atoms with E-state index in [-0.39, 0.29) is 11.2 Å². The summed E-state index contributed by atoms with van der Waals surface area (Å²) in [5.41, 5.74) is 2.60. The maximum atomic E-state index is 13.2. The van der Waals surface area contributed by atoms with E-state index >= 15 is 0 Å². The van der Waals surface area contributed by atoms with Crippen LogP contribution in [-0.4, -0.2) is 7.05 Å². The molecule has 0 radical (unpaired) electrons. The summed E-state index contributed by atoms with van der Waals surface area (Å²) in [7, 11) is 1.94. The first kappa shape index (κ1) is 10.6. The molecule has 1 aliphatic rings. The van der Waals surface area contributed by atoms with Crippen molar-refractivity contribution in [1.29, 1.82) is 0 Å². The van der Waals surface area contributed by atoms with Crippen LogP contribution >= 0.6 is 0 Å². The van der Waals surface area contributed by atoms with Crippen LogP contribution in [-0.2, 0) is 5.41 Å². The van der Waals surface area contributed by atoms with Crippen molar-refractivity contribution in [2.24, 2.45) is 0 Å². The molecule has 0 amide bonds. The average Bonchev–Trinajstić information content (AvgIpc) is 2.17. The molecular formula is C13H18FN. The van der Waals surface area contributed by atoms with Gasteiger partial charge in [0.25, 0.3) is 0 Å². The van der Waals surface area contributed by atoms with Gasteiger partial charge in [-0.1, -0.05) is 19.9 Å². The van der Waals surface area contributed by atoms with Crippen LogP contribution in [0.1, 0.15) is 43.9 Å². The fourth-order valence-corrected chi connectivity index (χ4v) is 2.53. The van der Waals surface area contributed by atoms with Gasteiger partial charge in [0, 0.05) is 6.04 Å². The smallest absolute Gasteiger partial charge is 0.123 e. The molecule has 1 aromatic carbocycles. The molecule has 1 unspecified atom stereocenters. The number of fused-ring (bicyclic) bond motifs is 1. The first-order valence-electron chi connectivity index (χ1n) is 5.52. The lowest BCUT2D eigenvalue weighted by Crippen LogP contribution is -2.31. The SMILES string of the molecule is CNC1CCC(C)(C)c2ccc(F)cc21. The van der Waals surface area contributed by atoms with Crippen molar-refractivity contribution in [2.45, 2.75) is 38.1 Å². The predicted molar refractivity (Wildman–Crippen MR) is 60.5 cm³/mol. The molecule has 1 atom stereocenters. The lowest BCUT2D eigenvalue weighted by Gasteiger charge is -2.37. The van der Waals surface area contributed by atoms with Gasteiger partial charge >= 0.3 is 0 Å². The van der Waals surface area contributed by atoms with Crippen molar-refractivity contribution < 1.29 is 4.39 Å². The van der Waals surface area contributed by atoms with Gasteiger partial charge in [-0.25, -0.2) is 4.39 Å². The Labute approximate surface area is 90.7 Å². The van der Waals surface area contributed by atoms with Gasteiger partial charge in [-0.05, 0) is 48.6 Å². The first-order chi connectivity index (χ1) is 7.04. The van der Waals surface area contributed by atoms with Crippen molar-refractivity contribution in [1.82, 2.24) is 5.32 Å². The highest BCUT2D eigenvalue weighted by molar-refractivity contribution is 5.38. The molecule has 1 N–H and O–H groups in total. The van der Waals surface area contributed by atoms with E-state index < -0.39 is 0 Å². The number of hydrogen-bond acceptors (Lipinski definition) is 1. The molecule has 0 spiro atoms. The molecule has 82 valence electrons. The minimum Gasteiger partial charge on any atom is -0.313 e. The van der Waals surface area contributed by atoms with E-state index in [2.05, 4.69) is 19.2 Å². The van der Waals surface area contributed by atoms with Crippen LogP contribution in [0.4, 0.5) is 4.39 Å².